The van der Waals surface area contributed by atoms with Gasteiger partial charge in [-0.25, -0.2) is 4.79 Å². The average Bonchev–Trinajstić information content (AvgIpc) is 2.38. The van der Waals surface area contributed by atoms with Crippen molar-refractivity contribution in [3.63, 3.8) is 0 Å². The summed E-state index contributed by atoms with van der Waals surface area (Å²) in [7, 11) is 0. The molecule has 1 aromatic rings. The average molecular weight is 269 g/mol. The van der Waals surface area contributed by atoms with E-state index < -0.39 is 6.09 Å². The Morgan fingerprint density at radius 3 is 2.61 bits per heavy atom. The topological polar surface area (TPSA) is 70.5 Å². The molecule has 96 valence electrons. The van der Waals surface area contributed by atoms with E-state index in [4.69, 9.17) is 16.7 Å². The zero-order chi connectivity index (χ0) is 13.1. The molecule has 1 aliphatic rings. The predicted molar refractivity (Wildman–Crippen MR) is 65.9 cm³/mol. The summed E-state index contributed by atoms with van der Waals surface area (Å²) in [5, 5.41) is 9.19. The highest BCUT2D eigenvalue weighted by atomic mass is 35.5. The molecule has 2 rings (SSSR count). The van der Waals surface area contributed by atoms with Crippen LogP contribution >= 0.6 is 11.6 Å². The molecule has 2 heterocycles. The Morgan fingerprint density at radius 2 is 2.06 bits per heavy atom. The van der Waals surface area contributed by atoms with Crippen LogP contribution in [0.4, 0.5) is 4.79 Å². The number of ketones is 1. The molecule has 1 aromatic heterocycles. The number of pyridine rings is 1. The number of carboxylic acid groups (broad SMARTS) is 1. The second kappa shape index (κ2) is 5.35. The van der Waals surface area contributed by atoms with Gasteiger partial charge in [0.15, 0.2) is 5.78 Å². The number of piperidine rings is 1. The summed E-state index contributed by atoms with van der Waals surface area (Å²) in [4.78, 5) is 28.2. The number of nitrogens with zero attached hydrogens (tertiary/aromatic N) is 2. The Kier molecular flexibility index (Phi) is 3.81. The van der Waals surface area contributed by atoms with Gasteiger partial charge in [0.25, 0.3) is 0 Å². The van der Waals surface area contributed by atoms with Crippen LogP contribution in [-0.2, 0) is 0 Å². The first-order chi connectivity index (χ1) is 8.59. The van der Waals surface area contributed by atoms with E-state index in [1.165, 1.54) is 17.3 Å². The highest BCUT2D eigenvalue weighted by Crippen LogP contribution is 2.24. The number of rotatable bonds is 2. The van der Waals surface area contributed by atoms with Crippen LogP contribution in [0.3, 0.4) is 0 Å². The maximum absolute atomic E-state index is 12.2. The molecule has 1 saturated heterocycles. The Balaban J connectivity index is 2.04. The molecule has 0 aromatic carbocycles. The van der Waals surface area contributed by atoms with Crippen LogP contribution < -0.4 is 0 Å². The van der Waals surface area contributed by atoms with Gasteiger partial charge in [0.2, 0.25) is 0 Å². The lowest BCUT2D eigenvalue weighted by Crippen LogP contribution is -2.39. The monoisotopic (exact) mass is 268 g/mol. The largest absolute Gasteiger partial charge is 0.465 e. The van der Waals surface area contributed by atoms with Gasteiger partial charge in [-0.3, -0.25) is 9.78 Å². The van der Waals surface area contributed by atoms with Gasteiger partial charge in [0, 0.05) is 37.0 Å². The van der Waals surface area contributed by atoms with Crippen molar-refractivity contribution in [2.75, 3.05) is 13.1 Å². The van der Waals surface area contributed by atoms with Gasteiger partial charge in [-0.1, -0.05) is 11.6 Å². The Labute approximate surface area is 109 Å². The summed E-state index contributed by atoms with van der Waals surface area (Å²) >= 11 is 5.93. The quantitative estimate of drug-likeness (QED) is 0.836. The summed E-state index contributed by atoms with van der Waals surface area (Å²) in [5.74, 6) is -0.173. The lowest BCUT2D eigenvalue weighted by Gasteiger charge is -2.29. The summed E-state index contributed by atoms with van der Waals surface area (Å²) in [5.41, 5.74) is 0.473. The van der Waals surface area contributed by atoms with Gasteiger partial charge in [-0.2, -0.15) is 0 Å². The third kappa shape index (κ3) is 2.61. The van der Waals surface area contributed by atoms with Crippen LogP contribution in [0.5, 0.6) is 0 Å². The first-order valence-corrected chi connectivity index (χ1v) is 6.09. The number of Topliss-reactive ketones (excluding diaryl/α,β-unsaturated/α-hetero) is 1. The Bertz CT molecular complexity index is 470. The van der Waals surface area contributed by atoms with E-state index >= 15 is 0 Å². The predicted octanol–water partition coefficient (Wildman–Crippen LogP) is 2.31. The molecule has 5 nitrogen and oxygen atoms in total. The van der Waals surface area contributed by atoms with Crippen LogP contribution in [0.25, 0.3) is 0 Å². The number of hydrogen-bond acceptors (Lipinski definition) is 3. The van der Waals surface area contributed by atoms with Crippen molar-refractivity contribution in [1.82, 2.24) is 9.88 Å². The van der Waals surface area contributed by atoms with E-state index in [0.29, 0.717) is 36.5 Å². The lowest BCUT2D eigenvalue weighted by atomic mass is 9.89. The molecule has 1 amide bonds. The number of likely N-dealkylation sites (tertiary alicyclic amines) is 1. The highest BCUT2D eigenvalue weighted by molar-refractivity contribution is 6.33. The molecule has 0 spiro atoms. The molecule has 0 unspecified atom stereocenters. The molecule has 0 atom stereocenters. The number of hydrogen-bond donors (Lipinski definition) is 1. The van der Waals surface area contributed by atoms with Crippen LogP contribution in [0.1, 0.15) is 23.2 Å². The second-order valence-electron chi connectivity index (χ2n) is 4.26. The molecule has 0 aliphatic carbocycles. The van der Waals surface area contributed by atoms with Crippen molar-refractivity contribution >= 4 is 23.5 Å². The lowest BCUT2D eigenvalue weighted by molar-refractivity contribution is 0.0821. The van der Waals surface area contributed by atoms with Crippen molar-refractivity contribution in [3.8, 4) is 0 Å². The summed E-state index contributed by atoms with van der Waals surface area (Å²) < 4.78 is 0. The minimum Gasteiger partial charge on any atom is -0.465 e. The Morgan fingerprint density at radius 1 is 1.39 bits per heavy atom. The van der Waals surface area contributed by atoms with Crippen LogP contribution in [-0.4, -0.2) is 40.0 Å². The van der Waals surface area contributed by atoms with Gasteiger partial charge in [0.05, 0.1) is 5.02 Å². The van der Waals surface area contributed by atoms with E-state index in [2.05, 4.69) is 4.98 Å². The minimum absolute atomic E-state index is 0.0209. The smallest absolute Gasteiger partial charge is 0.407 e. The molecule has 0 saturated carbocycles. The van der Waals surface area contributed by atoms with Gasteiger partial charge in [-0.15, -0.1) is 0 Å². The number of carbonyl (C=O) groups is 2. The molecular formula is C12H13ClN2O3. The molecule has 18 heavy (non-hydrogen) atoms. The third-order valence-corrected chi connectivity index (χ3v) is 3.48. The fourth-order valence-corrected chi connectivity index (χ4v) is 2.34. The molecule has 1 aliphatic heterocycles. The number of aromatic nitrogens is 1. The molecule has 0 bridgehead atoms. The summed E-state index contributed by atoms with van der Waals surface area (Å²) in [6.07, 6.45) is 3.14. The highest BCUT2D eigenvalue weighted by Gasteiger charge is 2.28. The van der Waals surface area contributed by atoms with Crippen molar-refractivity contribution in [3.05, 3.63) is 29.0 Å². The molecule has 6 heteroatoms. The van der Waals surface area contributed by atoms with Crippen molar-refractivity contribution in [2.24, 2.45) is 5.92 Å². The fraction of sp³-hybridized carbons (Fsp3) is 0.417. The van der Waals surface area contributed by atoms with E-state index in [-0.39, 0.29) is 11.7 Å². The van der Waals surface area contributed by atoms with E-state index in [0.717, 1.165) is 0 Å². The molecule has 0 radical (unpaired) electrons. The summed E-state index contributed by atoms with van der Waals surface area (Å²) in [6, 6.07) is 1.61. The Hall–Kier alpha value is -1.62. The number of amides is 1. The van der Waals surface area contributed by atoms with Gasteiger partial charge < -0.3 is 10.0 Å². The SMILES string of the molecule is O=C(c1ccncc1Cl)C1CCN(C(=O)O)CC1. The summed E-state index contributed by atoms with van der Waals surface area (Å²) in [6.45, 7) is 0.795. The first-order valence-electron chi connectivity index (χ1n) is 5.71. The second-order valence-corrected chi connectivity index (χ2v) is 4.67. The van der Waals surface area contributed by atoms with Gasteiger partial charge in [-0.05, 0) is 18.9 Å². The van der Waals surface area contributed by atoms with Crippen LogP contribution in [0, 0.1) is 5.92 Å². The minimum atomic E-state index is -0.928. The van der Waals surface area contributed by atoms with E-state index in [9.17, 15) is 9.59 Å². The standard InChI is InChI=1S/C12H13ClN2O3/c13-10-7-14-4-1-9(10)11(16)8-2-5-15(6-3-8)12(17)18/h1,4,7-8H,2-3,5-6H2,(H,17,18). The maximum Gasteiger partial charge on any atom is 0.407 e. The van der Waals surface area contributed by atoms with Gasteiger partial charge >= 0.3 is 6.09 Å². The fourth-order valence-electron chi connectivity index (χ4n) is 2.13. The van der Waals surface area contributed by atoms with Gasteiger partial charge in [0.1, 0.15) is 0 Å². The van der Waals surface area contributed by atoms with Crippen molar-refractivity contribution < 1.29 is 14.7 Å². The van der Waals surface area contributed by atoms with Crippen molar-refractivity contribution in [1.29, 1.82) is 0 Å². The zero-order valence-electron chi connectivity index (χ0n) is 9.67. The van der Waals surface area contributed by atoms with E-state index in [1.54, 1.807) is 6.07 Å². The molecule has 1 fully saturated rings. The van der Waals surface area contributed by atoms with Crippen LogP contribution in [0.15, 0.2) is 18.5 Å². The zero-order valence-corrected chi connectivity index (χ0v) is 10.4. The third-order valence-electron chi connectivity index (χ3n) is 3.17. The number of carbonyl (C=O) groups excluding carboxylic acids is 1. The van der Waals surface area contributed by atoms with Crippen LogP contribution in [0.2, 0.25) is 5.02 Å². The maximum atomic E-state index is 12.2. The molecule has 1 N–H and O–H groups in total. The normalized spacial score (nSPS) is 16.6. The van der Waals surface area contributed by atoms with E-state index in [1.807, 2.05) is 0 Å². The number of halogens is 1. The van der Waals surface area contributed by atoms with Crippen molar-refractivity contribution in [2.45, 2.75) is 12.8 Å². The molecular weight excluding hydrogens is 256 g/mol. The first kappa shape index (κ1) is 12.8.